The van der Waals surface area contributed by atoms with Gasteiger partial charge in [0.1, 0.15) is 0 Å². The molecule has 0 fully saturated rings. The molecule has 4 rings (SSSR count). The van der Waals surface area contributed by atoms with Gasteiger partial charge in [-0.05, 0) is 30.2 Å². The molecule has 0 saturated carbocycles. The molecule has 1 aromatic heterocycles. The highest BCUT2D eigenvalue weighted by molar-refractivity contribution is 6.28. The van der Waals surface area contributed by atoms with E-state index in [9.17, 15) is 14.4 Å². The molecule has 0 spiro atoms. The van der Waals surface area contributed by atoms with Gasteiger partial charge in [-0.1, -0.05) is 31.2 Å². The van der Waals surface area contributed by atoms with Crippen LogP contribution in [0, 0.1) is 0 Å². The highest BCUT2D eigenvalue weighted by Gasteiger charge is 2.30. The fraction of sp³-hybridized carbons (Fsp3) is 0.167. The lowest BCUT2D eigenvalue weighted by Gasteiger charge is -2.18. The van der Waals surface area contributed by atoms with Crippen molar-refractivity contribution in [2.45, 2.75) is 26.3 Å². The van der Waals surface area contributed by atoms with Gasteiger partial charge in [0.25, 0.3) is 5.91 Å². The molecule has 29 heavy (non-hydrogen) atoms. The summed E-state index contributed by atoms with van der Waals surface area (Å²) in [5, 5.41) is 2.85. The van der Waals surface area contributed by atoms with Gasteiger partial charge in [0, 0.05) is 47.0 Å². The Morgan fingerprint density at radius 3 is 2.10 bits per heavy atom. The second-order valence-corrected chi connectivity index (χ2v) is 7.14. The number of rotatable bonds is 4. The number of pyridine rings is 1. The van der Waals surface area contributed by atoms with Gasteiger partial charge in [-0.15, -0.1) is 0 Å². The summed E-state index contributed by atoms with van der Waals surface area (Å²) in [5.41, 5.74) is 3.19. The number of nitrogens with one attached hydrogen (secondary N) is 1. The Kier molecular flexibility index (Phi) is 4.80. The minimum absolute atomic E-state index is 0.173. The number of fused-ring (bicyclic) bond motifs is 2. The van der Waals surface area contributed by atoms with Crippen molar-refractivity contribution in [2.75, 3.05) is 5.32 Å². The summed E-state index contributed by atoms with van der Waals surface area (Å²) in [7, 11) is 0. The number of benzene rings is 2. The van der Waals surface area contributed by atoms with E-state index in [1.165, 1.54) is 5.56 Å². The normalized spacial score (nSPS) is 13.4. The molecule has 0 bridgehead atoms. The van der Waals surface area contributed by atoms with Gasteiger partial charge in [-0.25, -0.2) is 0 Å². The topological polar surface area (TPSA) is 67.1 Å². The van der Waals surface area contributed by atoms with E-state index in [2.05, 4.69) is 12.2 Å². The summed E-state index contributed by atoms with van der Waals surface area (Å²) >= 11 is 0. The molecule has 1 aliphatic carbocycles. The highest BCUT2D eigenvalue weighted by atomic mass is 16.2. The van der Waals surface area contributed by atoms with Gasteiger partial charge < -0.3 is 5.32 Å². The first-order valence-electron chi connectivity index (χ1n) is 9.62. The molecular formula is C24H21N2O3+. The Bertz CT molecular complexity index is 1130. The molecule has 1 heterocycles. The molecule has 0 radical (unpaired) electrons. The summed E-state index contributed by atoms with van der Waals surface area (Å²) in [5.74, 6) is -0.578. The first-order chi connectivity index (χ1) is 14.0. The monoisotopic (exact) mass is 385 g/mol. The molecule has 0 aliphatic heterocycles. The molecule has 5 heteroatoms. The minimum Gasteiger partial charge on any atom is -0.320 e. The van der Waals surface area contributed by atoms with E-state index in [0.29, 0.717) is 27.9 Å². The second-order valence-electron chi connectivity index (χ2n) is 7.14. The van der Waals surface area contributed by atoms with Crippen molar-refractivity contribution in [3.63, 3.8) is 0 Å². The zero-order valence-electron chi connectivity index (χ0n) is 16.3. The van der Waals surface area contributed by atoms with Gasteiger partial charge >= 0.3 is 0 Å². The van der Waals surface area contributed by atoms with Gasteiger partial charge in [0.05, 0.1) is 0 Å². The zero-order valence-corrected chi connectivity index (χ0v) is 16.3. The van der Waals surface area contributed by atoms with Crippen LogP contribution in [0.2, 0.25) is 0 Å². The Hall–Kier alpha value is -3.60. The first-order valence-corrected chi connectivity index (χ1v) is 9.62. The van der Waals surface area contributed by atoms with Crippen LogP contribution in [0.1, 0.15) is 57.3 Å². The SMILES string of the molecule is CCc1cc[n+]([C@H](C)C(=O)Nc2ccc3c(c2)C(=O)c2ccccc2C3=O)cc1. The maximum atomic E-state index is 12.8. The number of ketones is 2. The molecule has 0 unspecified atom stereocenters. The fourth-order valence-electron chi connectivity index (χ4n) is 3.52. The molecule has 2 aromatic carbocycles. The van der Waals surface area contributed by atoms with Gasteiger partial charge in [-0.3, -0.25) is 14.4 Å². The third-order valence-electron chi connectivity index (χ3n) is 5.35. The van der Waals surface area contributed by atoms with E-state index in [1.807, 2.05) is 36.0 Å². The molecular weight excluding hydrogens is 364 g/mol. The average Bonchev–Trinajstić information content (AvgIpc) is 2.77. The Labute approximate surface area is 169 Å². The van der Waals surface area contributed by atoms with Crippen LogP contribution in [0.25, 0.3) is 0 Å². The molecule has 5 nitrogen and oxygen atoms in total. The lowest BCUT2D eigenvalue weighted by Crippen LogP contribution is -2.44. The highest BCUT2D eigenvalue weighted by Crippen LogP contribution is 2.29. The van der Waals surface area contributed by atoms with Crippen molar-refractivity contribution in [3.8, 4) is 0 Å². The summed E-state index contributed by atoms with van der Waals surface area (Å²) in [6, 6.07) is 15.2. The van der Waals surface area contributed by atoms with Crippen molar-refractivity contribution in [3.05, 3.63) is 94.8 Å². The average molecular weight is 385 g/mol. The van der Waals surface area contributed by atoms with E-state index in [-0.39, 0.29) is 17.5 Å². The Balaban J connectivity index is 1.58. The first kappa shape index (κ1) is 18.7. The zero-order chi connectivity index (χ0) is 20.5. The number of nitrogens with zero attached hydrogens (tertiary/aromatic N) is 1. The number of amides is 1. The van der Waals surface area contributed by atoms with Crippen LogP contribution in [0.5, 0.6) is 0 Å². The van der Waals surface area contributed by atoms with Gasteiger partial charge in [0.2, 0.25) is 6.04 Å². The van der Waals surface area contributed by atoms with Crippen LogP contribution in [-0.2, 0) is 11.2 Å². The number of anilines is 1. The van der Waals surface area contributed by atoms with Gasteiger partial charge in [-0.2, -0.15) is 4.57 Å². The summed E-state index contributed by atoms with van der Waals surface area (Å²) in [4.78, 5) is 38.2. The number of hydrogen-bond acceptors (Lipinski definition) is 3. The smallest absolute Gasteiger partial charge is 0.293 e. The molecule has 1 amide bonds. The molecule has 0 saturated heterocycles. The minimum atomic E-state index is -0.421. The summed E-state index contributed by atoms with van der Waals surface area (Å²) in [6.45, 7) is 3.89. The second kappa shape index (κ2) is 7.43. The van der Waals surface area contributed by atoms with Crippen molar-refractivity contribution in [1.29, 1.82) is 0 Å². The van der Waals surface area contributed by atoms with Gasteiger partial charge in [0.15, 0.2) is 24.0 Å². The van der Waals surface area contributed by atoms with Crippen molar-refractivity contribution >= 4 is 23.2 Å². The van der Waals surface area contributed by atoms with E-state index >= 15 is 0 Å². The van der Waals surface area contributed by atoms with Crippen LogP contribution in [0.15, 0.2) is 67.0 Å². The maximum Gasteiger partial charge on any atom is 0.293 e. The third-order valence-corrected chi connectivity index (χ3v) is 5.35. The fourth-order valence-corrected chi connectivity index (χ4v) is 3.52. The van der Waals surface area contributed by atoms with Crippen LogP contribution < -0.4 is 9.88 Å². The number of aryl methyl sites for hydroxylation is 1. The molecule has 1 aliphatic rings. The summed E-state index contributed by atoms with van der Waals surface area (Å²) in [6.07, 6.45) is 4.70. The van der Waals surface area contributed by atoms with E-state index < -0.39 is 6.04 Å². The predicted molar refractivity (Wildman–Crippen MR) is 109 cm³/mol. The third kappa shape index (κ3) is 3.36. The van der Waals surface area contributed by atoms with E-state index in [0.717, 1.165) is 6.42 Å². The van der Waals surface area contributed by atoms with Crippen LogP contribution in [-0.4, -0.2) is 17.5 Å². The largest absolute Gasteiger partial charge is 0.320 e. The molecule has 144 valence electrons. The maximum absolute atomic E-state index is 12.8. The lowest BCUT2D eigenvalue weighted by molar-refractivity contribution is -0.705. The molecule has 3 aromatic rings. The standard InChI is InChI=1S/C24H20N2O3/c1-3-16-10-12-26(13-11-16)15(2)24(29)25-17-8-9-20-21(14-17)23(28)19-7-5-4-6-18(19)22(20)27/h4-15H,3H2,1-2H3/p+1/t15-/m1/s1. The quantitative estimate of drug-likeness (QED) is 0.547. The summed E-state index contributed by atoms with van der Waals surface area (Å²) < 4.78 is 1.83. The number of carbonyl (C=O) groups is 3. The predicted octanol–water partition coefficient (Wildman–Crippen LogP) is 3.51. The van der Waals surface area contributed by atoms with E-state index in [4.69, 9.17) is 0 Å². The Morgan fingerprint density at radius 2 is 1.48 bits per heavy atom. The lowest BCUT2D eigenvalue weighted by atomic mass is 9.84. The molecule has 1 N–H and O–H groups in total. The Morgan fingerprint density at radius 1 is 0.897 bits per heavy atom. The van der Waals surface area contributed by atoms with Crippen LogP contribution in [0.3, 0.4) is 0 Å². The van der Waals surface area contributed by atoms with Crippen LogP contribution in [0.4, 0.5) is 5.69 Å². The number of carbonyl (C=O) groups excluding carboxylic acids is 3. The van der Waals surface area contributed by atoms with Crippen molar-refractivity contribution in [2.24, 2.45) is 0 Å². The molecule has 1 atom stereocenters. The van der Waals surface area contributed by atoms with Crippen LogP contribution >= 0.6 is 0 Å². The van der Waals surface area contributed by atoms with Crippen molar-refractivity contribution in [1.82, 2.24) is 0 Å². The van der Waals surface area contributed by atoms with E-state index in [1.54, 1.807) is 42.5 Å². The van der Waals surface area contributed by atoms with Crippen molar-refractivity contribution < 1.29 is 19.0 Å². The number of aromatic nitrogens is 1. The number of hydrogen-bond donors (Lipinski definition) is 1.